The van der Waals surface area contributed by atoms with E-state index in [1.165, 1.54) is 0 Å². The van der Waals surface area contributed by atoms with Crippen molar-refractivity contribution in [3.05, 3.63) is 0 Å². The molecule has 0 aromatic heterocycles. The van der Waals surface area contributed by atoms with Crippen LogP contribution in [0, 0.1) is 0 Å². The summed E-state index contributed by atoms with van der Waals surface area (Å²) in [5.74, 6) is 1.03. The number of esters is 1. The highest BCUT2D eigenvalue weighted by atomic mass is 32.2. The summed E-state index contributed by atoms with van der Waals surface area (Å²) >= 11 is 1.56. The molecule has 0 aliphatic rings. The van der Waals surface area contributed by atoms with Gasteiger partial charge in [-0.25, -0.2) is 0 Å². The molecule has 6 heteroatoms. The Morgan fingerprint density at radius 3 is 2.75 bits per heavy atom. The van der Waals surface area contributed by atoms with Crippen LogP contribution in [0.15, 0.2) is 0 Å². The first-order valence-electron chi connectivity index (χ1n) is 5.32. The van der Waals surface area contributed by atoms with E-state index in [2.05, 4.69) is 5.32 Å². The van der Waals surface area contributed by atoms with Gasteiger partial charge < -0.3 is 15.8 Å². The summed E-state index contributed by atoms with van der Waals surface area (Å²) in [4.78, 5) is 22.0. The maximum atomic E-state index is 11.1. The van der Waals surface area contributed by atoms with E-state index >= 15 is 0 Å². The molecular weight excluding hydrogens is 228 g/mol. The lowest BCUT2D eigenvalue weighted by molar-refractivity contribution is -0.144. The van der Waals surface area contributed by atoms with E-state index in [1.54, 1.807) is 25.7 Å². The van der Waals surface area contributed by atoms with Crippen LogP contribution in [-0.4, -0.2) is 43.1 Å². The average molecular weight is 248 g/mol. The van der Waals surface area contributed by atoms with Gasteiger partial charge in [0.1, 0.15) is 6.04 Å². The zero-order valence-electron chi connectivity index (χ0n) is 9.82. The largest absolute Gasteiger partial charge is 0.465 e. The van der Waals surface area contributed by atoms with Crippen molar-refractivity contribution in [2.45, 2.75) is 25.8 Å². The van der Waals surface area contributed by atoms with E-state index in [-0.39, 0.29) is 11.9 Å². The molecule has 5 nitrogen and oxygen atoms in total. The lowest BCUT2D eigenvalue weighted by Crippen LogP contribution is -2.34. The van der Waals surface area contributed by atoms with Gasteiger partial charge in [-0.05, 0) is 19.1 Å². The van der Waals surface area contributed by atoms with Crippen molar-refractivity contribution >= 4 is 23.6 Å². The second-order valence-corrected chi connectivity index (χ2v) is 4.36. The molecular formula is C10H20N2O3S. The third-order valence-corrected chi connectivity index (χ3v) is 3.03. The van der Waals surface area contributed by atoms with Crippen molar-refractivity contribution in [1.29, 1.82) is 0 Å². The van der Waals surface area contributed by atoms with Gasteiger partial charge in [0.25, 0.3) is 0 Å². The summed E-state index contributed by atoms with van der Waals surface area (Å²) in [6.45, 7) is 2.11. The van der Waals surface area contributed by atoms with Crippen LogP contribution in [0.3, 0.4) is 0 Å². The Morgan fingerprint density at radius 2 is 2.19 bits per heavy atom. The minimum absolute atomic E-state index is 0.0373. The standard InChI is InChI=1S/C10H20N2O3S/c1-3-15-10(14)8(11)7-16-6-4-5-9(13)12-2/h8H,3-7,11H2,1-2H3,(H,12,13). The molecule has 0 bridgehead atoms. The molecule has 3 N–H and O–H groups in total. The van der Waals surface area contributed by atoms with Crippen molar-refractivity contribution in [3.63, 3.8) is 0 Å². The Labute approximate surface area is 100 Å². The van der Waals surface area contributed by atoms with Crippen LogP contribution >= 0.6 is 11.8 Å². The van der Waals surface area contributed by atoms with Crippen LogP contribution in [0.4, 0.5) is 0 Å². The van der Waals surface area contributed by atoms with Gasteiger partial charge in [0.15, 0.2) is 0 Å². The fourth-order valence-corrected chi connectivity index (χ4v) is 1.89. The fraction of sp³-hybridized carbons (Fsp3) is 0.800. The summed E-state index contributed by atoms with van der Waals surface area (Å²) in [7, 11) is 1.62. The molecule has 94 valence electrons. The maximum Gasteiger partial charge on any atom is 0.323 e. The van der Waals surface area contributed by atoms with Gasteiger partial charge in [0, 0.05) is 19.2 Å². The average Bonchev–Trinajstić information content (AvgIpc) is 2.28. The quantitative estimate of drug-likeness (QED) is 0.471. The highest BCUT2D eigenvalue weighted by Gasteiger charge is 2.13. The van der Waals surface area contributed by atoms with E-state index < -0.39 is 6.04 Å². The number of nitrogens with two attached hydrogens (primary N) is 1. The number of hydrogen-bond donors (Lipinski definition) is 2. The molecule has 0 radical (unpaired) electrons. The predicted octanol–water partition coefficient (Wildman–Crippen LogP) is 0.136. The molecule has 0 aromatic rings. The van der Waals surface area contributed by atoms with Crippen molar-refractivity contribution in [2.75, 3.05) is 25.2 Å². The van der Waals surface area contributed by atoms with Gasteiger partial charge in [-0.1, -0.05) is 0 Å². The molecule has 0 heterocycles. The van der Waals surface area contributed by atoms with E-state index in [0.717, 1.165) is 12.2 Å². The molecule has 0 saturated heterocycles. The van der Waals surface area contributed by atoms with Crippen molar-refractivity contribution in [3.8, 4) is 0 Å². The summed E-state index contributed by atoms with van der Waals surface area (Å²) < 4.78 is 4.77. The Bertz CT molecular complexity index is 224. The molecule has 1 atom stereocenters. The van der Waals surface area contributed by atoms with E-state index in [4.69, 9.17) is 10.5 Å². The lowest BCUT2D eigenvalue weighted by atomic mass is 10.3. The highest BCUT2D eigenvalue weighted by molar-refractivity contribution is 7.99. The van der Waals surface area contributed by atoms with Crippen LogP contribution in [0.25, 0.3) is 0 Å². The summed E-state index contributed by atoms with van der Waals surface area (Å²) in [5.41, 5.74) is 5.60. The molecule has 0 spiro atoms. The van der Waals surface area contributed by atoms with Gasteiger partial charge in [-0.2, -0.15) is 11.8 Å². The van der Waals surface area contributed by atoms with Crippen LogP contribution in [0.2, 0.25) is 0 Å². The van der Waals surface area contributed by atoms with E-state index in [0.29, 0.717) is 18.8 Å². The first kappa shape index (κ1) is 15.2. The molecule has 0 rings (SSSR count). The summed E-state index contributed by atoms with van der Waals surface area (Å²) in [5, 5.41) is 2.55. The van der Waals surface area contributed by atoms with E-state index in [9.17, 15) is 9.59 Å². The SMILES string of the molecule is CCOC(=O)C(N)CSCCCC(=O)NC. The van der Waals surface area contributed by atoms with Gasteiger partial charge in [0.2, 0.25) is 5.91 Å². The van der Waals surface area contributed by atoms with Crippen molar-refractivity contribution in [2.24, 2.45) is 5.73 Å². The second-order valence-electron chi connectivity index (χ2n) is 3.21. The number of rotatable bonds is 8. The van der Waals surface area contributed by atoms with Gasteiger partial charge in [-0.15, -0.1) is 0 Å². The summed E-state index contributed by atoms with van der Waals surface area (Å²) in [6, 6.07) is -0.565. The van der Waals surface area contributed by atoms with Crippen LogP contribution < -0.4 is 11.1 Å². The summed E-state index contributed by atoms with van der Waals surface area (Å²) in [6.07, 6.45) is 1.30. The van der Waals surface area contributed by atoms with Crippen molar-refractivity contribution in [1.82, 2.24) is 5.32 Å². The van der Waals surface area contributed by atoms with Gasteiger partial charge in [-0.3, -0.25) is 9.59 Å². The van der Waals surface area contributed by atoms with Gasteiger partial charge >= 0.3 is 5.97 Å². The number of nitrogens with one attached hydrogen (secondary N) is 1. The minimum atomic E-state index is -0.565. The molecule has 0 aliphatic heterocycles. The predicted molar refractivity (Wildman–Crippen MR) is 65.2 cm³/mol. The monoisotopic (exact) mass is 248 g/mol. The number of hydrogen-bond acceptors (Lipinski definition) is 5. The molecule has 0 aliphatic carbocycles. The smallest absolute Gasteiger partial charge is 0.323 e. The fourth-order valence-electron chi connectivity index (χ4n) is 0.987. The molecule has 0 saturated carbocycles. The van der Waals surface area contributed by atoms with Crippen molar-refractivity contribution < 1.29 is 14.3 Å². The van der Waals surface area contributed by atoms with Crippen LogP contribution in [0.5, 0.6) is 0 Å². The zero-order chi connectivity index (χ0) is 12.4. The molecule has 0 aromatic carbocycles. The number of thioether (sulfide) groups is 1. The van der Waals surface area contributed by atoms with Crippen LogP contribution in [-0.2, 0) is 14.3 Å². The maximum absolute atomic E-state index is 11.1. The molecule has 16 heavy (non-hydrogen) atoms. The molecule has 0 fully saturated rings. The topological polar surface area (TPSA) is 81.4 Å². The van der Waals surface area contributed by atoms with Gasteiger partial charge in [0.05, 0.1) is 6.61 Å². The Hall–Kier alpha value is -0.750. The Morgan fingerprint density at radius 1 is 1.50 bits per heavy atom. The number of amides is 1. The number of carbonyl (C=O) groups is 2. The van der Waals surface area contributed by atoms with Crippen LogP contribution in [0.1, 0.15) is 19.8 Å². The highest BCUT2D eigenvalue weighted by Crippen LogP contribution is 2.06. The zero-order valence-corrected chi connectivity index (χ0v) is 10.6. The first-order valence-corrected chi connectivity index (χ1v) is 6.47. The Kier molecular flexibility index (Phi) is 9.03. The van der Waals surface area contributed by atoms with E-state index in [1.807, 2.05) is 0 Å². The third-order valence-electron chi connectivity index (χ3n) is 1.86. The Balaban J connectivity index is 3.44. The number of ether oxygens (including phenoxy) is 1. The number of carbonyl (C=O) groups excluding carboxylic acids is 2. The lowest BCUT2D eigenvalue weighted by Gasteiger charge is -2.09. The molecule has 1 amide bonds. The third kappa shape index (κ3) is 7.53. The first-order chi connectivity index (χ1) is 7.61. The normalized spacial score (nSPS) is 11.9. The minimum Gasteiger partial charge on any atom is -0.465 e. The molecule has 1 unspecified atom stereocenters. The second kappa shape index (κ2) is 9.47.